The number of hydrogen-bond acceptors (Lipinski definition) is 5. The molecule has 8 nitrogen and oxygen atoms in total. The molecule has 35 heavy (non-hydrogen) atoms. The van der Waals surface area contributed by atoms with E-state index in [9.17, 15) is 18.4 Å². The molecule has 0 saturated carbocycles. The van der Waals surface area contributed by atoms with Gasteiger partial charge in [0, 0.05) is 48.6 Å². The second-order valence-electron chi connectivity index (χ2n) is 8.95. The Hall–Kier alpha value is -3.79. The van der Waals surface area contributed by atoms with Crippen LogP contribution in [0.1, 0.15) is 27.2 Å². The van der Waals surface area contributed by atoms with Gasteiger partial charge in [0.05, 0.1) is 25.2 Å². The van der Waals surface area contributed by atoms with Crippen LogP contribution >= 0.6 is 0 Å². The molecule has 1 fully saturated rings. The molecule has 2 aromatic carbocycles. The van der Waals surface area contributed by atoms with Crippen LogP contribution < -0.4 is 10.2 Å². The number of likely N-dealkylation sites (N-methyl/N-ethyl adjacent to an activating group) is 1. The van der Waals surface area contributed by atoms with Crippen LogP contribution in [-0.4, -0.2) is 65.0 Å². The maximum absolute atomic E-state index is 13.9. The van der Waals surface area contributed by atoms with E-state index in [1.54, 1.807) is 12.1 Å². The highest BCUT2D eigenvalue weighted by atomic mass is 19.1. The van der Waals surface area contributed by atoms with Crippen LogP contribution in [0.2, 0.25) is 0 Å². The van der Waals surface area contributed by atoms with Crippen molar-refractivity contribution in [1.82, 2.24) is 20.0 Å². The summed E-state index contributed by atoms with van der Waals surface area (Å²) in [6.45, 7) is 4.31. The molecule has 1 aromatic heterocycles. The lowest BCUT2D eigenvalue weighted by Gasteiger charge is -2.34. The third-order valence-corrected chi connectivity index (χ3v) is 6.62. The summed E-state index contributed by atoms with van der Waals surface area (Å²) < 4.78 is 27.9. The van der Waals surface area contributed by atoms with E-state index in [1.165, 1.54) is 11.0 Å². The van der Waals surface area contributed by atoms with E-state index in [1.807, 2.05) is 12.1 Å². The van der Waals surface area contributed by atoms with Crippen molar-refractivity contribution in [1.29, 1.82) is 0 Å². The number of nitrogens with zero attached hydrogens (tertiary/aromatic N) is 4. The number of hydrogen-bond donors (Lipinski definition) is 2. The molecular weight excluding hydrogens is 454 g/mol. The van der Waals surface area contributed by atoms with Gasteiger partial charge in [0.1, 0.15) is 11.6 Å². The summed E-state index contributed by atoms with van der Waals surface area (Å²) in [6, 6.07) is 11.0. The molecule has 1 saturated heterocycles. The number of H-pyrrole nitrogens is 1. The largest absolute Gasteiger partial charge is 0.369 e. The Morgan fingerprint density at radius 3 is 2.37 bits per heavy atom. The fourth-order valence-corrected chi connectivity index (χ4v) is 4.45. The minimum absolute atomic E-state index is 0.193. The zero-order valence-corrected chi connectivity index (χ0v) is 19.4. The van der Waals surface area contributed by atoms with E-state index in [0.717, 1.165) is 44.0 Å². The van der Waals surface area contributed by atoms with Crippen LogP contribution in [0.4, 0.5) is 20.3 Å². The summed E-state index contributed by atoms with van der Waals surface area (Å²) in [5, 5.41) is 9.84. The van der Waals surface area contributed by atoms with Crippen molar-refractivity contribution in [3.05, 3.63) is 76.5 Å². The molecule has 10 heteroatoms. The third-order valence-electron chi connectivity index (χ3n) is 6.62. The normalized spacial score (nSPS) is 15.9. The number of aromatic nitrogens is 2. The number of piperazine rings is 1. The molecule has 3 heterocycles. The summed E-state index contributed by atoms with van der Waals surface area (Å²) in [4.78, 5) is 31.6. The van der Waals surface area contributed by atoms with Crippen molar-refractivity contribution < 1.29 is 18.4 Å². The van der Waals surface area contributed by atoms with Gasteiger partial charge in [-0.05, 0) is 43.4 Å². The van der Waals surface area contributed by atoms with Gasteiger partial charge in [-0.2, -0.15) is 5.10 Å². The molecule has 0 aliphatic carbocycles. The average Bonchev–Trinajstić information content (AvgIpc) is 3.44. The predicted octanol–water partition coefficient (Wildman–Crippen LogP) is 2.78. The van der Waals surface area contributed by atoms with Gasteiger partial charge in [-0.1, -0.05) is 6.07 Å². The number of rotatable bonds is 5. The van der Waals surface area contributed by atoms with Gasteiger partial charge in [-0.15, -0.1) is 0 Å². The van der Waals surface area contributed by atoms with Crippen LogP contribution in [0.25, 0.3) is 0 Å². The highest BCUT2D eigenvalue weighted by Gasteiger charge is 2.30. The summed E-state index contributed by atoms with van der Waals surface area (Å²) in [5.74, 6) is -1.85. The van der Waals surface area contributed by atoms with Crippen LogP contribution in [-0.2, 0) is 24.3 Å². The molecule has 2 aliphatic heterocycles. The van der Waals surface area contributed by atoms with Crippen LogP contribution in [0.15, 0.2) is 42.5 Å². The van der Waals surface area contributed by atoms with Gasteiger partial charge in [-0.3, -0.25) is 14.7 Å². The number of nitrogens with one attached hydrogen (secondary N) is 2. The fourth-order valence-electron chi connectivity index (χ4n) is 4.45. The number of carbonyl (C=O) groups excluding carboxylic acids is 2. The van der Waals surface area contributed by atoms with Crippen molar-refractivity contribution in [2.75, 3.05) is 43.4 Å². The first-order valence-electron chi connectivity index (χ1n) is 11.5. The van der Waals surface area contributed by atoms with Crippen molar-refractivity contribution in [2.45, 2.75) is 19.5 Å². The smallest absolute Gasteiger partial charge is 0.256 e. The maximum Gasteiger partial charge on any atom is 0.256 e. The second-order valence-corrected chi connectivity index (χ2v) is 8.95. The van der Waals surface area contributed by atoms with Crippen LogP contribution in [0, 0.1) is 11.6 Å². The zero-order chi connectivity index (χ0) is 24.5. The molecule has 0 atom stereocenters. The first-order valence-corrected chi connectivity index (χ1v) is 11.5. The van der Waals surface area contributed by atoms with E-state index in [-0.39, 0.29) is 31.0 Å². The number of aromatic amines is 1. The van der Waals surface area contributed by atoms with Gasteiger partial charge in [0.2, 0.25) is 5.91 Å². The topological polar surface area (TPSA) is 84.6 Å². The predicted molar refractivity (Wildman–Crippen MR) is 127 cm³/mol. The molecule has 0 bridgehead atoms. The Morgan fingerprint density at radius 2 is 1.69 bits per heavy atom. The molecular formula is C25H26F2N6O2. The van der Waals surface area contributed by atoms with Gasteiger partial charge in [0.25, 0.3) is 5.91 Å². The average molecular weight is 481 g/mol. The number of halogens is 2. The first-order chi connectivity index (χ1) is 16.9. The van der Waals surface area contributed by atoms with E-state index in [2.05, 4.69) is 32.4 Å². The Bertz CT molecular complexity index is 1230. The second kappa shape index (κ2) is 9.46. The van der Waals surface area contributed by atoms with Gasteiger partial charge >= 0.3 is 0 Å². The molecule has 182 valence electrons. The lowest BCUT2D eigenvalue weighted by Crippen LogP contribution is -2.44. The number of benzene rings is 2. The monoisotopic (exact) mass is 480 g/mol. The summed E-state index contributed by atoms with van der Waals surface area (Å²) >= 11 is 0. The molecule has 5 rings (SSSR count). The SMILES string of the molecule is CN1CCN(c2ccc(C(=O)Nc3n[nH]c4c3CN(C(=O)Cc3c(F)cccc3F)C4)cc2)CC1. The number of fused-ring (bicyclic) bond motifs is 1. The standard InChI is InChI=1S/C25H26F2N6O2/c1-31-9-11-32(12-10-31)17-7-5-16(6-8-17)25(35)28-24-19-14-33(15-22(19)29-30-24)23(34)13-18-20(26)3-2-4-21(18)27/h2-8H,9-15H2,1H3,(H2,28,29,30,35). The first kappa shape index (κ1) is 23.0. The van der Waals surface area contributed by atoms with Crippen molar-refractivity contribution in [3.63, 3.8) is 0 Å². The Balaban J connectivity index is 1.22. The van der Waals surface area contributed by atoms with Gasteiger partial charge in [0.15, 0.2) is 5.82 Å². The molecule has 2 aliphatic rings. The van der Waals surface area contributed by atoms with Gasteiger partial charge in [-0.25, -0.2) is 8.78 Å². The van der Waals surface area contributed by atoms with E-state index in [4.69, 9.17) is 0 Å². The highest BCUT2D eigenvalue weighted by Crippen LogP contribution is 2.28. The summed E-state index contributed by atoms with van der Waals surface area (Å²) in [7, 11) is 2.11. The van der Waals surface area contributed by atoms with E-state index in [0.29, 0.717) is 22.6 Å². The number of anilines is 2. The number of amides is 2. The summed E-state index contributed by atoms with van der Waals surface area (Å²) in [6.07, 6.45) is -0.377. The lowest BCUT2D eigenvalue weighted by atomic mass is 10.1. The highest BCUT2D eigenvalue weighted by molar-refractivity contribution is 6.04. The van der Waals surface area contributed by atoms with Gasteiger partial charge < -0.3 is 20.0 Å². The number of carbonyl (C=O) groups is 2. The maximum atomic E-state index is 13.9. The van der Waals surface area contributed by atoms with Crippen molar-refractivity contribution >= 4 is 23.3 Å². The molecule has 2 amide bonds. The Morgan fingerprint density at radius 1 is 1.00 bits per heavy atom. The minimum Gasteiger partial charge on any atom is -0.369 e. The Labute approximate surface area is 201 Å². The van der Waals surface area contributed by atoms with Crippen LogP contribution in [0.5, 0.6) is 0 Å². The fraction of sp³-hybridized carbons (Fsp3) is 0.320. The lowest BCUT2D eigenvalue weighted by molar-refractivity contribution is -0.131. The third kappa shape index (κ3) is 4.74. The van der Waals surface area contributed by atoms with Crippen molar-refractivity contribution in [3.8, 4) is 0 Å². The molecule has 0 unspecified atom stereocenters. The van der Waals surface area contributed by atoms with Crippen molar-refractivity contribution in [2.24, 2.45) is 0 Å². The minimum atomic E-state index is -0.746. The molecule has 2 N–H and O–H groups in total. The molecule has 3 aromatic rings. The Kier molecular flexibility index (Phi) is 6.21. The molecule has 0 radical (unpaired) electrons. The quantitative estimate of drug-likeness (QED) is 0.587. The van der Waals surface area contributed by atoms with E-state index < -0.39 is 17.5 Å². The zero-order valence-electron chi connectivity index (χ0n) is 19.4. The summed E-state index contributed by atoms with van der Waals surface area (Å²) in [5.41, 5.74) is 2.71. The van der Waals surface area contributed by atoms with Crippen LogP contribution in [0.3, 0.4) is 0 Å². The molecule has 0 spiro atoms. The van der Waals surface area contributed by atoms with E-state index >= 15 is 0 Å².